The average Bonchev–Trinajstić information content (AvgIpc) is 2.31. The molecule has 0 aromatic carbocycles. The molecule has 1 atom stereocenters. The third-order valence-corrected chi connectivity index (χ3v) is 5.46. The normalized spacial score (nSPS) is 34.1. The summed E-state index contributed by atoms with van der Waals surface area (Å²) in [5.74, 6) is -0.0690. The Morgan fingerprint density at radius 1 is 1.45 bits per heavy atom. The van der Waals surface area contributed by atoms with Crippen LogP contribution in [0, 0.1) is 5.92 Å². The average molecular weight is 301 g/mol. The molecule has 0 amide bonds. The molecule has 0 N–H and O–H groups in total. The van der Waals surface area contributed by atoms with Crippen molar-refractivity contribution in [3.63, 3.8) is 0 Å². The van der Waals surface area contributed by atoms with Gasteiger partial charge in [-0.15, -0.1) is 0 Å². The fourth-order valence-electron chi connectivity index (χ4n) is 2.43. The molecular weight excluding hydrogens is 278 g/mol. The minimum atomic E-state index is -3.39. The second kappa shape index (κ2) is 6.82. The van der Waals surface area contributed by atoms with E-state index in [1.54, 1.807) is 0 Å². The van der Waals surface area contributed by atoms with Gasteiger partial charge in [0.25, 0.3) is 0 Å². The van der Waals surface area contributed by atoms with Gasteiger partial charge < -0.3 is 17.7 Å². The van der Waals surface area contributed by atoms with E-state index in [0.29, 0.717) is 19.1 Å². The summed E-state index contributed by atoms with van der Waals surface area (Å²) in [7, 11) is -3.39. The first kappa shape index (κ1) is 15.7. The molecule has 3 aliphatic rings. The first-order chi connectivity index (χ1) is 9.53. The molecule has 0 aliphatic carbocycles. The van der Waals surface area contributed by atoms with Gasteiger partial charge in [0, 0.05) is 25.7 Å². The minimum absolute atomic E-state index is 0.0418. The van der Waals surface area contributed by atoms with Crippen LogP contribution < -0.4 is 0 Å². The second-order valence-corrected chi connectivity index (χ2v) is 7.51. The standard InChI is InChI=1S/C13H23NO5Si/c1-4-13(15)19-20-16-7-5-14(6-8-17-20)10-12(18-20)9-11(2)3/h4,11-12H,1,5-10H2,2-3H3. The highest BCUT2D eigenvalue weighted by atomic mass is 28.4. The number of carbonyl (C=O) groups is 1. The number of hydrogen-bond acceptors (Lipinski definition) is 6. The van der Waals surface area contributed by atoms with Crippen LogP contribution in [0.4, 0.5) is 0 Å². The van der Waals surface area contributed by atoms with Gasteiger partial charge in [-0.1, -0.05) is 20.4 Å². The maximum Gasteiger partial charge on any atom is 0.752 e. The Morgan fingerprint density at radius 3 is 2.65 bits per heavy atom. The van der Waals surface area contributed by atoms with Crippen molar-refractivity contribution in [2.24, 2.45) is 5.92 Å². The summed E-state index contributed by atoms with van der Waals surface area (Å²) in [6, 6.07) is 0. The highest BCUT2D eigenvalue weighted by molar-refractivity contribution is 6.55. The maximum absolute atomic E-state index is 11.5. The highest BCUT2D eigenvalue weighted by Gasteiger charge is 2.53. The predicted octanol–water partition coefficient (Wildman–Crippen LogP) is 0.945. The van der Waals surface area contributed by atoms with Crippen LogP contribution in [0.25, 0.3) is 0 Å². The molecule has 0 aromatic heterocycles. The van der Waals surface area contributed by atoms with Crippen LogP contribution in [0.3, 0.4) is 0 Å². The summed E-state index contributed by atoms with van der Waals surface area (Å²) >= 11 is 0. The molecular formula is C13H23NO5Si. The van der Waals surface area contributed by atoms with E-state index in [0.717, 1.165) is 32.1 Å². The summed E-state index contributed by atoms with van der Waals surface area (Å²) in [4.78, 5) is 13.8. The van der Waals surface area contributed by atoms with E-state index in [9.17, 15) is 4.79 Å². The quantitative estimate of drug-likeness (QED) is 0.569. The molecule has 0 spiro atoms. The molecule has 3 heterocycles. The lowest BCUT2D eigenvalue weighted by Crippen LogP contribution is -2.60. The number of rotatable bonds is 4. The third-order valence-electron chi connectivity index (χ3n) is 3.27. The molecule has 3 rings (SSSR count). The van der Waals surface area contributed by atoms with Crippen molar-refractivity contribution >= 4 is 15.0 Å². The van der Waals surface area contributed by atoms with Crippen molar-refractivity contribution < 1.29 is 22.5 Å². The van der Waals surface area contributed by atoms with E-state index in [4.69, 9.17) is 17.7 Å². The Morgan fingerprint density at radius 2 is 2.10 bits per heavy atom. The Hall–Kier alpha value is -0.733. The number of fused-ring (bicyclic) bond motifs is 6. The summed E-state index contributed by atoms with van der Waals surface area (Å²) in [6.45, 7) is 11.0. The Balaban J connectivity index is 2.15. The van der Waals surface area contributed by atoms with Gasteiger partial charge in [-0.05, 0) is 12.3 Å². The van der Waals surface area contributed by atoms with Gasteiger partial charge in [-0.3, -0.25) is 4.90 Å². The highest BCUT2D eigenvalue weighted by Crippen LogP contribution is 2.24. The lowest BCUT2D eigenvalue weighted by atomic mass is 10.1. The fourth-order valence-corrected chi connectivity index (χ4v) is 4.41. The molecule has 0 aromatic rings. The molecule has 0 saturated carbocycles. The van der Waals surface area contributed by atoms with Crippen LogP contribution >= 0.6 is 0 Å². The van der Waals surface area contributed by atoms with Crippen molar-refractivity contribution in [2.75, 3.05) is 32.8 Å². The van der Waals surface area contributed by atoms with Crippen molar-refractivity contribution in [1.29, 1.82) is 0 Å². The molecule has 6 nitrogen and oxygen atoms in total. The summed E-state index contributed by atoms with van der Waals surface area (Å²) in [5.41, 5.74) is 0. The van der Waals surface area contributed by atoms with Crippen molar-refractivity contribution in [3.8, 4) is 0 Å². The van der Waals surface area contributed by atoms with Gasteiger partial charge >= 0.3 is 15.0 Å². The van der Waals surface area contributed by atoms with E-state index < -0.39 is 15.0 Å². The van der Waals surface area contributed by atoms with Gasteiger partial charge in [-0.25, -0.2) is 4.79 Å². The topological polar surface area (TPSA) is 57.2 Å². The van der Waals surface area contributed by atoms with Gasteiger partial charge in [0.2, 0.25) is 0 Å². The van der Waals surface area contributed by atoms with Crippen LogP contribution in [-0.4, -0.2) is 58.9 Å². The molecule has 3 saturated heterocycles. The first-order valence-electron chi connectivity index (χ1n) is 7.06. The van der Waals surface area contributed by atoms with Gasteiger partial charge in [0.15, 0.2) is 0 Å². The summed E-state index contributed by atoms with van der Waals surface area (Å²) in [5, 5.41) is 0. The van der Waals surface area contributed by atoms with E-state index in [1.807, 2.05) is 0 Å². The number of nitrogens with zero attached hydrogens (tertiary/aromatic N) is 1. The van der Waals surface area contributed by atoms with E-state index >= 15 is 0 Å². The van der Waals surface area contributed by atoms with E-state index in [1.165, 1.54) is 0 Å². The minimum Gasteiger partial charge on any atom is -0.449 e. The second-order valence-electron chi connectivity index (χ2n) is 5.49. The summed E-state index contributed by atoms with van der Waals surface area (Å²) < 4.78 is 22.7. The van der Waals surface area contributed by atoms with E-state index in [2.05, 4.69) is 25.3 Å². The lowest BCUT2D eigenvalue weighted by molar-refractivity contribution is -0.146. The Kier molecular flexibility index (Phi) is 5.33. The largest absolute Gasteiger partial charge is 0.752 e. The zero-order valence-electron chi connectivity index (χ0n) is 12.2. The molecule has 3 fully saturated rings. The van der Waals surface area contributed by atoms with Crippen LogP contribution in [0.5, 0.6) is 0 Å². The van der Waals surface area contributed by atoms with Gasteiger partial charge in [0.05, 0.1) is 19.3 Å². The maximum atomic E-state index is 11.5. The lowest BCUT2D eigenvalue weighted by Gasteiger charge is -2.40. The molecule has 20 heavy (non-hydrogen) atoms. The van der Waals surface area contributed by atoms with Gasteiger partial charge in [-0.2, -0.15) is 0 Å². The van der Waals surface area contributed by atoms with Crippen molar-refractivity contribution in [2.45, 2.75) is 26.4 Å². The van der Waals surface area contributed by atoms with Crippen LogP contribution in [0.2, 0.25) is 0 Å². The smallest absolute Gasteiger partial charge is 0.449 e. The molecule has 1 unspecified atom stereocenters. The predicted molar refractivity (Wildman–Crippen MR) is 74.7 cm³/mol. The SMILES string of the molecule is C=CC(=O)O[Si]12OCCN(CCO1)CC(CC(C)C)O2. The van der Waals surface area contributed by atoms with Crippen LogP contribution in [0.1, 0.15) is 20.3 Å². The molecule has 2 bridgehead atoms. The van der Waals surface area contributed by atoms with Crippen LogP contribution in [0.15, 0.2) is 12.7 Å². The van der Waals surface area contributed by atoms with Crippen molar-refractivity contribution in [1.82, 2.24) is 4.90 Å². The first-order valence-corrected chi connectivity index (χ1v) is 8.70. The Bertz CT molecular complexity index is 353. The summed E-state index contributed by atoms with van der Waals surface area (Å²) in [6.07, 6.45) is 1.95. The molecule has 0 radical (unpaired) electrons. The Labute approximate surface area is 121 Å². The number of hydrogen-bond donors (Lipinski definition) is 0. The number of carbonyl (C=O) groups excluding carboxylic acids is 1. The monoisotopic (exact) mass is 301 g/mol. The third kappa shape index (κ3) is 4.13. The fraction of sp³-hybridized carbons (Fsp3) is 0.769. The zero-order valence-corrected chi connectivity index (χ0v) is 13.2. The van der Waals surface area contributed by atoms with E-state index in [-0.39, 0.29) is 6.10 Å². The molecule has 114 valence electrons. The zero-order chi connectivity index (χ0) is 14.6. The van der Waals surface area contributed by atoms with Crippen LogP contribution in [-0.2, 0) is 22.5 Å². The molecule has 3 aliphatic heterocycles. The van der Waals surface area contributed by atoms with Gasteiger partial charge in [0.1, 0.15) is 0 Å². The van der Waals surface area contributed by atoms with Crippen molar-refractivity contribution in [3.05, 3.63) is 12.7 Å². The molecule has 7 heteroatoms.